The van der Waals surface area contributed by atoms with Crippen LogP contribution in [0.15, 0.2) is 65.2 Å². The molecule has 0 fully saturated rings. The molecule has 2 aromatic carbocycles. The van der Waals surface area contributed by atoms with Crippen LogP contribution in [0.2, 0.25) is 5.02 Å². The predicted octanol–water partition coefficient (Wildman–Crippen LogP) is 4.35. The summed E-state index contributed by atoms with van der Waals surface area (Å²) in [6, 6.07) is 9.34. The average Bonchev–Trinajstić information content (AvgIpc) is 3.06. The van der Waals surface area contributed by atoms with E-state index in [-0.39, 0.29) is 38.7 Å². The predicted molar refractivity (Wildman–Crippen MR) is 134 cm³/mol. The van der Waals surface area contributed by atoms with Gasteiger partial charge in [0.2, 0.25) is 0 Å². The van der Waals surface area contributed by atoms with E-state index in [9.17, 15) is 18.0 Å². The van der Waals surface area contributed by atoms with E-state index in [2.05, 4.69) is 4.72 Å². The maximum atomic E-state index is 13.3. The lowest BCUT2D eigenvalue weighted by molar-refractivity contribution is -0.0799. The fourth-order valence-corrected chi connectivity index (χ4v) is 5.24. The van der Waals surface area contributed by atoms with Crippen molar-refractivity contribution in [2.75, 3.05) is 24.9 Å². The van der Waals surface area contributed by atoms with E-state index < -0.39 is 21.8 Å². The van der Waals surface area contributed by atoms with Crippen LogP contribution in [0.4, 0.5) is 5.69 Å². The number of hydroxylamine groups is 2. The number of carbonyl (C=O) groups is 2. The standard InChI is InChI=1S/C25H26ClN3O5S/c1-25(2,3)17-7-9-18(10-8-17)35(32,33)27-20-12-11-19(26)21-22(20)24(31)29(23(21)30)15-16-6-5-13-28(14-16)34-4/h5-12,14,27H,13,15H2,1-4H3. The van der Waals surface area contributed by atoms with Crippen molar-refractivity contribution in [3.8, 4) is 0 Å². The zero-order valence-electron chi connectivity index (χ0n) is 19.8. The molecule has 10 heteroatoms. The van der Waals surface area contributed by atoms with Gasteiger partial charge in [-0.2, -0.15) is 0 Å². The summed E-state index contributed by atoms with van der Waals surface area (Å²) >= 11 is 6.27. The quantitative estimate of drug-likeness (QED) is 0.574. The minimum Gasteiger partial charge on any atom is -0.279 e. The molecule has 8 nitrogen and oxygen atoms in total. The van der Waals surface area contributed by atoms with E-state index in [1.165, 1.54) is 31.4 Å². The monoisotopic (exact) mass is 515 g/mol. The topological polar surface area (TPSA) is 96.0 Å². The van der Waals surface area contributed by atoms with Gasteiger partial charge in [0.15, 0.2) is 0 Å². The van der Waals surface area contributed by atoms with Crippen LogP contribution >= 0.6 is 11.6 Å². The van der Waals surface area contributed by atoms with E-state index in [4.69, 9.17) is 16.4 Å². The number of amides is 2. The van der Waals surface area contributed by atoms with Crippen molar-refractivity contribution in [2.45, 2.75) is 31.1 Å². The SMILES string of the molecule is CON1C=C(CN2C(=O)c3c(Cl)ccc(NS(=O)(=O)c4ccc(C(C)(C)C)cc4)c3C2=O)C=CC1. The Hall–Kier alpha value is -3.14. The van der Waals surface area contributed by atoms with E-state index in [0.29, 0.717) is 12.1 Å². The number of nitrogens with one attached hydrogen (secondary N) is 1. The lowest BCUT2D eigenvalue weighted by Gasteiger charge is -2.22. The molecule has 2 aromatic rings. The van der Waals surface area contributed by atoms with Crippen molar-refractivity contribution in [1.29, 1.82) is 0 Å². The van der Waals surface area contributed by atoms with Crippen molar-refractivity contribution < 1.29 is 22.8 Å². The van der Waals surface area contributed by atoms with E-state index in [1.807, 2.05) is 26.8 Å². The smallest absolute Gasteiger partial charge is 0.264 e. The molecular formula is C25H26ClN3O5S. The molecule has 0 atom stereocenters. The molecule has 0 unspecified atom stereocenters. The molecule has 2 amide bonds. The van der Waals surface area contributed by atoms with Gasteiger partial charge in [0, 0.05) is 6.20 Å². The van der Waals surface area contributed by atoms with E-state index >= 15 is 0 Å². The molecule has 0 saturated carbocycles. The van der Waals surface area contributed by atoms with E-state index in [1.54, 1.807) is 29.5 Å². The molecule has 0 aliphatic carbocycles. The van der Waals surface area contributed by atoms with Gasteiger partial charge in [-0.25, -0.2) is 8.42 Å². The molecule has 0 bridgehead atoms. The molecule has 2 aliphatic heterocycles. The molecule has 1 N–H and O–H groups in total. The Morgan fingerprint density at radius 3 is 2.31 bits per heavy atom. The number of halogens is 1. The molecule has 184 valence electrons. The van der Waals surface area contributed by atoms with Crippen LogP contribution in [0.3, 0.4) is 0 Å². The van der Waals surface area contributed by atoms with Crippen LogP contribution in [0.1, 0.15) is 47.1 Å². The summed E-state index contributed by atoms with van der Waals surface area (Å²) in [6.45, 7) is 6.63. The number of anilines is 1. The summed E-state index contributed by atoms with van der Waals surface area (Å²) in [4.78, 5) is 32.7. The molecule has 0 aromatic heterocycles. The van der Waals surface area contributed by atoms with Crippen LogP contribution in [0.5, 0.6) is 0 Å². The summed E-state index contributed by atoms with van der Waals surface area (Å²) in [7, 11) is -2.51. The Kier molecular flexibility index (Phi) is 6.52. The van der Waals surface area contributed by atoms with Gasteiger partial charge >= 0.3 is 0 Å². The zero-order chi connectivity index (χ0) is 25.5. The maximum Gasteiger partial charge on any atom is 0.264 e. The Morgan fingerprint density at radius 2 is 1.69 bits per heavy atom. The van der Waals surface area contributed by atoms with Crippen molar-refractivity contribution in [2.24, 2.45) is 0 Å². The molecular weight excluding hydrogens is 490 g/mol. The number of nitrogens with zero attached hydrogens (tertiary/aromatic N) is 2. The van der Waals surface area contributed by atoms with Gasteiger partial charge < -0.3 is 0 Å². The highest BCUT2D eigenvalue weighted by Gasteiger charge is 2.40. The van der Waals surface area contributed by atoms with Gasteiger partial charge in [0.05, 0.1) is 46.9 Å². The van der Waals surface area contributed by atoms with Gasteiger partial charge in [-0.15, -0.1) is 0 Å². The molecule has 35 heavy (non-hydrogen) atoms. The van der Waals surface area contributed by atoms with Gasteiger partial charge in [-0.3, -0.25) is 29.1 Å². The van der Waals surface area contributed by atoms with Crippen molar-refractivity contribution in [3.63, 3.8) is 0 Å². The third kappa shape index (κ3) is 4.84. The lowest BCUT2D eigenvalue weighted by Crippen LogP contribution is -2.33. The Balaban J connectivity index is 1.65. The molecule has 0 radical (unpaired) electrons. The van der Waals surface area contributed by atoms with Gasteiger partial charge in [0.25, 0.3) is 21.8 Å². The second-order valence-electron chi connectivity index (χ2n) is 9.31. The van der Waals surface area contributed by atoms with Crippen LogP contribution < -0.4 is 4.72 Å². The highest BCUT2D eigenvalue weighted by atomic mass is 35.5. The second-order valence-corrected chi connectivity index (χ2v) is 11.4. The minimum absolute atomic E-state index is 0.00293. The largest absolute Gasteiger partial charge is 0.279 e. The first-order valence-corrected chi connectivity index (χ1v) is 12.8. The summed E-state index contributed by atoms with van der Waals surface area (Å²) in [5.41, 5.74) is 1.43. The number of hydrogen-bond acceptors (Lipinski definition) is 6. The number of hydrogen-bond donors (Lipinski definition) is 1. The Bertz CT molecular complexity index is 1360. The number of sulfonamides is 1. The number of rotatable bonds is 6. The number of imide groups is 1. The van der Waals surface area contributed by atoms with Crippen molar-refractivity contribution in [3.05, 3.63) is 82.0 Å². The minimum atomic E-state index is -4.03. The van der Waals surface area contributed by atoms with Crippen molar-refractivity contribution in [1.82, 2.24) is 9.96 Å². The van der Waals surface area contributed by atoms with Crippen LogP contribution in [-0.2, 0) is 20.3 Å². The van der Waals surface area contributed by atoms with Crippen LogP contribution in [0, 0.1) is 0 Å². The summed E-state index contributed by atoms with van der Waals surface area (Å²) in [6.07, 6.45) is 5.33. The zero-order valence-corrected chi connectivity index (χ0v) is 21.4. The first-order valence-electron chi connectivity index (χ1n) is 10.9. The number of fused-ring (bicyclic) bond motifs is 1. The summed E-state index contributed by atoms with van der Waals surface area (Å²) in [5, 5.41) is 1.63. The van der Waals surface area contributed by atoms with Crippen LogP contribution in [-0.4, -0.2) is 50.4 Å². The highest BCUT2D eigenvalue weighted by Crippen LogP contribution is 2.36. The van der Waals surface area contributed by atoms with Crippen LogP contribution in [0.25, 0.3) is 0 Å². The Labute approximate surface area is 209 Å². The first kappa shape index (κ1) is 25.0. The average molecular weight is 516 g/mol. The van der Waals surface area contributed by atoms with E-state index in [0.717, 1.165) is 10.5 Å². The molecule has 0 saturated heterocycles. The first-order chi connectivity index (χ1) is 16.4. The fraction of sp³-hybridized carbons (Fsp3) is 0.280. The molecule has 2 heterocycles. The molecule has 2 aliphatic rings. The fourth-order valence-electron chi connectivity index (χ4n) is 3.93. The molecule has 0 spiro atoms. The summed E-state index contributed by atoms with van der Waals surface area (Å²) < 4.78 is 28.7. The van der Waals surface area contributed by atoms with Crippen molar-refractivity contribution >= 4 is 39.1 Å². The number of carbonyl (C=O) groups excluding carboxylic acids is 2. The third-order valence-corrected chi connectivity index (χ3v) is 7.55. The molecule has 4 rings (SSSR count). The Morgan fingerprint density at radius 1 is 1.03 bits per heavy atom. The second kappa shape index (κ2) is 9.14. The normalized spacial score (nSPS) is 16.0. The lowest BCUT2D eigenvalue weighted by atomic mass is 9.87. The summed E-state index contributed by atoms with van der Waals surface area (Å²) in [5.74, 6) is -1.22. The van der Waals surface area contributed by atoms with Gasteiger partial charge in [-0.05, 0) is 40.8 Å². The van der Waals surface area contributed by atoms with Gasteiger partial charge in [-0.1, -0.05) is 56.7 Å². The third-order valence-electron chi connectivity index (χ3n) is 5.85. The van der Waals surface area contributed by atoms with Gasteiger partial charge in [0.1, 0.15) is 0 Å². The highest BCUT2D eigenvalue weighted by molar-refractivity contribution is 7.92. The number of benzene rings is 2. The maximum absolute atomic E-state index is 13.3.